The molecule has 78 valence electrons. The average Bonchev–Trinajstić information content (AvgIpc) is 2.76. The van der Waals surface area contributed by atoms with E-state index in [1.54, 1.807) is 16.9 Å². The molecule has 1 N–H and O–H groups in total. The Morgan fingerprint density at radius 1 is 1.67 bits per heavy atom. The summed E-state index contributed by atoms with van der Waals surface area (Å²) in [6, 6.07) is 1.67. The molecule has 0 saturated carbocycles. The van der Waals surface area contributed by atoms with Crippen LogP contribution in [-0.4, -0.2) is 20.9 Å². The highest BCUT2D eigenvalue weighted by Crippen LogP contribution is 2.16. The predicted octanol–water partition coefficient (Wildman–Crippen LogP) is 2.45. The Kier molecular flexibility index (Phi) is 2.88. The fourth-order valence-corrected chi connectivity index (χ4v) is 2.25. The molecule has 0 aliphatic carbocycles. The third-order valence-corrected chi connectivity index (χ3v) is 3.19. The molecule has 0 aromatic carbocycles. The summed E-state index contributed by atoms with van der Waals surface area (Å²) in [7, 11) is 0. The summed E-state index contributed by atoms with van der Waals surface area (Å²) in [5.74, 6) is -0.882. The maximum absolute atomic E-state index is 10.7. The largest absolute Gasteiger partial charge is 0.477 e. The van der Waals surface area contributed by atoms with E-state index >= 15 is 0 Å². The van der Waals surface area contributed by atoms with Crippen LogP contribution >= 0.6 is 27.3 Å². The molecule has 0 bridgehead atoms. The second kappa shape index (κ2) is 4.16. The van der Waals surface area contributed by atoms with Crippen LogP contribution in [0.25, 0.3) is 0 Å². The van der Waals surface area contributed by atoms with E-state index in [2.05, 4.69) is 21.0 Å². The molecule has 0 atom stereocenters. The van der Waals surface area contributed by atoms with Crippen molar-refractivity contribution < 1.29 is 9.90 Å². The van der Waals surface area contributed by atoms with Crippen LogP contribution in [0.15, 0.2) is 28.3 Å². The van der Waals surface area contributed by atoms with Gasteiger partial charge < -0.3 is 5.11 Å². The Balaban J connectivity index is 2.14. The molecule has 15 heavy (non-hydrogen) atoms. The minimum atomic E-state index is -0.882. The van der Waals surface area contributed by atoms with Gasteiger partial charge in [0.15, 0.2) is 0 Å². The maximum Gasteiger partial charge on any atom is 0.345 e. The molecular formula is C9H7BrN2O2S. The number of hydrogen-bond acceptors (Lipinski definition) is 3. The number of rotatable bonds is 3. The number of halogens is 1. The third-order valence-electron chi connectivity index (χ3n) is 1.81. The fourth-order valence-electron chi connectivity index (χ4n) is 1.18. The van der Waals surface area contributed by atoms with E-state index in [-0.39, 0.29) is 0 Å². The van der Waals surface area contributed by atoms with Gasteiger partial charge in [0, 0.05) is 6.20 Å². The molecule has 0 unspecified atom stereocenters. The van der Waals surface area contributed by atoms with E-state index in [1.165, 1.54) is 11.3 Å². The first-order chi connectivity index (χ1) is 7.15. The van der Waals surface area contributed by atoms with Gasteiger partial charge in [-0.05, 0) is 32.9 Å². The number of carboxylic acids is 1. The van der Waals surface area contributed by atoms with Gasteiger partial charge in [-0.2, -0.15) is 5.10 Å². The predicted molar refractivity (Wildman–Crippen MR) is 60.3 cm³/mol. The van der Waals surface area contributed by atoms with E-state index < -0.39 is 5.97 Å². The number of aromatic carboxylic acids is 1. The van der Waals surface area contributed by atoms with Crippen LogP contribution in [0, 0.1) is 0 Å². The van der Waals surface area contributed by atoms with Crippen LogP contribution in [-0.2, 0) is 6.54 Å². The van der Waals surface area contributed by atoms with Crippen LogP contribution in [0.2, 0.25) is 0 Å². The number of carbonyl (C=O) groups is 1. The maximum atomic E-state index is 10.7. The lowest BCUT2D eigenvalue weighted by atomic mass is 10.3. The molecule has 0 aliphatic heterocycles. The van der Waals surface area contributed by atoms with Gasteiger partial charge >= 0.3 is 5.97 Å². The summed E-state index contributed by atoms with van der Waals surface area (Å²) in [5.41, 5.74) is 0.952. The van der Waals surface area contributed by atoms with E-state index in [9.17, 15) is 4.79 Å². The molecule has 0 aliphatic rings. The monoisotopic (exact) mass is 286 g/mol. The fraction of sp³-hybridized carbons (Fsp3) is 0.111. The van der Waals surface area contributed by atoms with Crippen molar-refractivity contribution in [2.45, 2.75) is 6.54 Å². The van der Waals surface area contributed by atoms with Gasteiger partial charge in [-0.15, -0.1) is 11.3 Å². The number of carboxylic acid groups (broad SMARTS) is 1. The Morgan fingerprint density at radius 3 is 3.00 bits per heavy atom. The summed E-state index contributed by atoms with van der Waals surface area (Å²) in [6.07, 6.45) is 3.54. The van der Waals surface area contributed by atoms with Crippen molar-refractivity contribution in [2.24, 2.45) is 0 Å². The minimum Gasteiger partial charge on any atom is -0.477 e. The highest BCUT2D eigenvalue weighted by atomic mass is 79.9. The lowest BCUT2D eigenvalue weighted by Gasteiger charge is -1.96. The van der Waals surface area contributed by atoms with Crippen LogP contribution in [0.3, 0.4) is 0 Å². The smallest absolute Gasteiger partial charge is 0.345 e. The molecule has 2 aromatic rings. The minimum absolute atomic E-state index is 0.358. The highest BCUT2D eigenvalue weighted by Gasteiger charge is 2.07. The van der Waals surface area contributed by atoms with Crippen molar-refractivity contribution in [1.29, 1.82) is 0 Å². The van der Waals surface area contributed by atoms with Gasteiger partial charge in [-0.25, -0.2) is 4.79 Å². The zero-order valence-electron chi connectivity index (χ0n) is 7.55. The number of thiophene rings is 1. The molecule has 0 amide bonds. The Morgan fingerprint density at radius 2 is 2.47 bits per heavy atom. The number of hydrogen-bond donors (Lipinski definition) is 1. The average molecular weight is 287 g/mol. The van der Waals surface area contributed by atoms with Crippen LogP contribution in [0.1, 0.15) is 15.2 Å². The molecule has 0 saturated heterocycles. The molecule has 0 fully saturated rings. The highest BCUT2D eigenvalue weighted by molar-refractivity contribution is 9.10. The molecule has 2 heterocycles. The summed E-state index contributed by atoms with van der Waals surface area (Å²) >= 11 is 4.53. The van der Waals surface area contributed by atoms with Crippen molar-refractivity contribution in [2.75, 3.05) is 0 Å². The zero-order valence-corrected chi connectivity index (χ0v) is 9.96. The van der Waals surface area contributed by atoms with Crippen LogP contribution in [0.5, 0.6) is 0 Å². The standard InChI is InChI=1S/C9H7BrN2O2S/c10-7-2-11-12(4-7)3-6-1-8(9(13)14)15-5-6/h1-2,4-5H,3H2,(H,13,14). The van der Waals surface area contributed by atoms with Gasteiger partial charge in [0.05, 0.1) is 17.2 Å². The quantitative estimate of drug-likeness (QED) is 0.943. The lowest BCUT2D eigenvalue weighted by Crippen LogP contribution is -1.98. The summed E-state index contributed by atoms with van der Waals surface area (Å²) in [5, 5.41) is 14.7. The van der Waals surface area contributed by atoms with Gasteiger partial charge in [-0.1, -0.05) is 0 Å². The Bertz CT molecular complexity index is 492. The normalized spacial score (nSPS) is 10.5. The first-order valence-electron chi connectivity index (χ1n) is 4.14. The first kappa shape index (κ1) is 10.4. The summed E-state index contributed by atoms with van der Waals surface area (Å²) in [4.78, 5) is 11.0. The molecule has 0 spiro atoms. The molecule has 6 heteroatoms. The van der Waals surface area contributed by atoms with Gasteiger partial charge in [-0.3, -0.25) is 4.68 Å². The molecule has 0 radical (unpaired) electrons. The lowest BCUT2D eigenvalue weighted by molar-refractivity contribution is 0.0702. The van der Waals surface area contributed by atoms with E-state index in [1.807, 2.05) is 11.6 Å². The SMILES string of the molecule is O=C(O)c1cc(Cn2cc(Br)cn2)cs1. The summed E-state index contributed by atoms with van der Waals surface area (Å²) < 4.78 is 2.66. The first-order valence-corrected chi connectivity index (χ1v) is 5.81. The van der Waals surface area contributed by atoms with Crippen molar-refractivity contribution in [3.8, 4) is 0 Å². The van der Waals surface area contributed by atoms with Gasteiger partial charge in [0.2, 0.25) is 0 Å². The second-order valence-corrected chi connectivity index (χ2v) is 4.81. The van der Waals surface area contributed by atoms with E-state index in [0.717, 1.165) is 10.0 Å². The van der Waals surface area contributed by atoms with Crippen molar-refractivity contribution in [3.63, 3.8) is 0 Å². The second-order valence-electron chi connectivity index (χ2n) is 2.98. The van der Waals surface area contributed by atoms with Crippen molar-refractivity contribution >= 4 is 33.2 Å². The Labute approximate surface area is 98.3 Å². The molecule has 2 rings (SSSR count). The Hall–Kier alpha value is -1.14. The zero-order chi connectivity index (χ0) is 10.8. The van der Waals surface area contributed by atoms with Crippen LogP contribution in [0.4, 0.5) is 0 Å². The van der Waals surface area contributed by atoms with Crippen molar-refractivity contribution in [1.82, 2.24) is 9.78 Å². The van der Waals surface area contributed by atoms with Crippen molar-refractivity contribution in [3.05, 3.63) is 38.8 Å². The molecular weight excluding hydrogens is 280 g/mol. The van der Waals surface area contributed by atoms with Gasteiger partial charge in [0.25, 0.3) is 0 Å². The number of aromatic nitrogens is 2. The van der Waals surface area contributed by atoms with Crippen LogP contribution < -0.4 is 0 Å². The third kappa shape index (κ3) is 2.45. The summed E-state index contributed by atoms with van der Waals surface area (Å²) in [6.45, 7) is 0.593. The van der Waals surface area contributed by atoms with E-state index in [4.69, 9.17) is 5.11 Å². The van der Waals surface area contributed by atoms with E-state index in [0.29, 0.717) is 11.4 Å². The molecule has 4 nitrogen and oxygen atoms in total. The topological polar surface area (TPSA) is 55.1 Å². The molecule has 2 aromatic heterocycles. The van der Waals surface area contributed by atoms with Gasteiger partial charge in [0.1, 0.15) is 4.88 Å². The number of nitrogens with zero attached hydrogens (tertiary/aromatic N) is 2.